The molecule has 7 nitrogen and oxygen atoms in total. The van der Waals surface area contributed by atoms with Crippen molar-refractivity contribution >= 4 is 17.5 Å². The minimum absolute atomic E-state index is 0.0848. The first kappa shape index (κ1) is 11.1. The van der Waals surface area contributed by atoms with Crippen LogP contribution in [0.3, 0.4) is 0 Å². The van der Waals surface area contributed by atoms with Gasteiger partial charge in [0.15, 0.2) is 11.5 Å². The van der Waals surface area contributed by atoms with Crippen molar-refractivity contribution in [3.05, 3.63) is 29.7 Å². The average Bonchev–Trinajstić information content (AvgIpc) is 2.58. The Balaban J connectivity index is 2.19. The van der Waals surface area contributed by atoms with Crippen molar-refractivity contribution < 1.29 is 9.90 Å². The molecule has 0 saturated carbocycles. The number of nitrogens with one attached hydrogen (secondary N) is 1. The number of anilines is 2. The highest BCUT2D eigenvalue weighted by Gasteiger charge is 2.07. The molecule has 0 amide bonds. The molecule has 0 aliphatic heterocycles. The molecule has 2 heterocycles. The molecular formula is C10H11N5O2. The molecule has 7 heteroatoms. The fourth-order valence-corrected chi connectivity index (χ4v) is 1.37. The van der Waals surface area contributed by atoms with Crippen LogP contribution < -0.4 is 5.32 Å². The van der Waals surface area contributed by atoms with Gasteiger partial charge < -0.3 is 10.4 Å². The van der Waals surface area contributed by atoms with Crippen LogP contribution in [0.15, 0.2) is 18.3 Å². The normalized spacial score (nSPS) is 10.2. The number of aromatic carboxylic acids is 1. The van der Waals surface area contributed by atoms with Gasteiger partial charge in [-0.25, -0.2) is 4.79 Å². The molecule has 2 N–H and O–H groups in total. The Labute approximate surface area is 97.1 Å². The fraction of sp³-hybridized carbons (Fsp3) is 0.200. The Morgan fingerprint density at radius 2 is 2.18 bits per heavy atom. The van der Waals surface area contributed by atoms with Crippen LogP contribution in [-0.2, 0) is 7.05 Å². The minimum Gasteiger partial charge on any atom is -0.476 e. The third-order valence-electron chi connectivity index (χ3n) is 2.16. The molecule has 0 unspecified atom stereocenters. The quantitative estimate of drug-likeness (QED) is 0.820. The van der Waals surface area contributed by atoms with Crippen LogP contribution in [0, 0.1) is 6.92 Å². The SMILES string of the molecule is Cc1nn(C)cc1Nc1ccc(C(=O)O)nn1. The summed E-state index contributed by atoms with van der Waals surface area (Å²) in [5.74, 6) is -0.618. The number of aromatic nitrogens is 4. The van der Waals surface area contributed by atoms with E-state index in [-0.39, 0.29) is 5.69 Å². The maximum atomic E-state index is 10.6. The van der Waals surface area contributed by atoms with Crippen LogP contribution in [-0.4, -0.2) is 31.1 Å². The number of nitrogens with zero attached hydrogens (tertiary/aromatic N) is 4. The second-order valence-corrected chi connectivity index (χ2v) is 3.54. The van der Waals surface area contributed by atoms with Crippen LogP contribution >= 0.6 is 0 Å². The zero-order valence-corrected chi connectivity index (χ0v) is 9.38. The Hall–Kier alpha value is -2.44. The summed E-state index contributed by atoms with van der Waals surface area (Å²) in [5, 5.41) is 23.2. The second kappa shape index (κ2) is 4.20. The summed E-state index contributed by atoms with van der Waals surface area (Å²) in [5.41, 5.74) is 1.56. The number of aryl methyl sites for hydroxylation is 2. The van der Waals surface area contributed by atoms with Gasteiger partial charge in [0.1, 0.15) is 0 Å². The maximum absolute atomic E-state index is 10.6. The van der Waals surface area contributed by atoms with E-state index in [1.165, 1.54) is 6.07 Å². The topological polar surface area (TPSA) is 92.9 Å². The maximum Gasteiger partial charge on any atom is 0.356 e. The number of hydrogen-bond acceptors (Lipinski definition) is 5. The molecule has 0 radical (unpaired) electrons. The lowest BCUT2D eigenvalue weighted by atomic mass is 10.3. The molecular weight excluding hydrogens is 222 g/mol. The summed E-state index contributed by atoms with van der Waals surface area (Å²) >= 11 is 0. The van der Waals surface area contributed by atoms with Crippen molar-refractivity contribution in [3.63, 3.8) is 0 Å². The van der Waals surface area contributed by atoms with Gasteiger partial charge in [0, 0.05) is 13.2 Å². The Morgan fingerprint density at radius 1 is 1.41 bits per heavy atom. The van der Waals surface area contributed by atoms with Crippen molar-refractivity contribution in [1.82, 2.24) is 20.0 Å². The van der Waals surface area contributed by atoms with Gasteiger partial charge in [-0.15, -0.1) is 10.2 Å². The molecule has 2 aromatic heterocycles. The van der Waals surface area contributed by atoms with Gasteiger partial charge in [-0.1, -0.05) is 0 Å². The number of carbonyl (C=O) groups is 1. The van der Waals surface area contributed by atoms with Crippen LogP contribution in [0.1, 0.15) is 16.2 Å². The minimum atomic E-state index is -1.10. The van der Waals surface area contributed by atoms with Crippen molar-refractivity contribution in [3.8, 4) is 0 Å². The molecule has 0 bridgehead atoms. The summed E-state index contributed by atoms with van der Waals surface area (Å²) in [6.07, 6.45) is 1.81. The Kier molecular flexibility index (Phi) is 2.73. The summed E-state index contributed by atoms with van der Waals surface area (Å²) in [7, 11) is 1.82. The number of carboxylic acid groups (broad SMARTS) is 1. The van der Waals surface area contributed by atoms with E-state index in [1.807, 2.05) is 20.2 Å². The molecule has 17 heavy (non-hydrogen) atoms. The highest BCUT2D eigenvalue weighted by atomic mass is 16.4. The van der Waals surface area contributed by atoms with Crippen molar-refractivity contribution in [2.24, 2.45) is 7.05 Å². The van der Waals surface area contributed by atoms with Crippen molar-refractivity contribution in [2.45, 2.75) is 6.92 Å². The predicted molar refractivity (Wildman–Crippen MR) is 60.2 cm³/mol. The van der Waals surface area contributed by atoms with Crippen LogP contribution in [0.25, 0.3) is 0 Å². The van der Waals surface area contributed by atoms with E-state index in [9.17, 15) is 4.79 Å². The van der Waals surface area contributed by atoms with E-state index < -0.39 is 5.97 Å². The van der Waals surface area contributed by atoms with Crippen LogP contribution in [0.2, 0.25) is 0 Å². The Morgan fingerprint density at radius 3 is 2.65 bits per heavy atom. The van der Waals surface area contributed by atoms with E-state index in [0.29, 0.717) is 5.82 Å². The van der Waals surface area contributed by atoms with Gasteiger partial charge in [0.05, 0.1) is 11.4 Å². The smallest absolute Gasteiger partial charge is 0.356 e. The lowest BCUT2D eigenvalue weighted by Gasteiger charge is -2.02. The molecule has 88 valence electrons. The summed E-state index contributed by atoms with van der Waals surface area (Å²) in [4.78, 5) is 10.6. The van der Waals surface area contributed by atoms with Crippen molar-refractivity contribution in [1.29, 1.82) is 0 Å². The zero-order valence-electron chi connectivity index (χ0n) is 9.38. The number of hydrogen-bond donors (Lipinski definition) is 2. The predicted octanol–water partition coefficient (Wildman–Crippen LogP) is 0.960. The first-order valence-corrected chi connectivity index (χ1v) is 4.90. The number of rotatable bonds is 3. The molecule has 0 spiro atoms. The van der Waals surface area contributed by atoms with Gasteiger partial charge in [0.25, 0.3) is 0 Å². The van der Waals surface area contributed by atoms with E-state index in [1.54, 1.807) is 10.7 Å². The third kappa shape index (κ3) is 2.39. The molecule has 0 aromatic carbocycles. The van der Waals surface area contributed by atoms with Gasteiger partial charge in [-0.05, 0) is 19.1 Å². The Bertz CT molecular complexity index is 546. The molecule has 2 aromatic rings. The monoisotopic (exact) mass is 233 g/mol. The van der Waals surface area contributed by atoms with Crippen LogP contribution in [0.4, 0.5) is 11.5 Å². The van der Waals surface area contributed by atoms with E-state index in [2.05, 4.69) is 20.6 Å². The summed E-state index contributed by atoms with van der Waals surface area (Å²) in [6.45, 7) is 1.86. The highest BCUT2D eigenvalue weighted by Crippen LogP contribution is 2.16. The van der Waals surface area contributed by atoms with E-state index >= 15 is 0 Å². The molecule has 0 aliphatic carbocycles. The van der Waals surface area contributed by atoms with Gasteiger partial charge in [-0.2, -0.15) is 5.10 Å². The van der Waals surface area contributed by atoms with Crippen LogP contribution in [0.5, 0.6) is 0 Å². The standard InChI is InChI=1S/C10H11N5O2/c1-6-8(5-15(2)14-6)11-9-4-3-7(10(16)17)12-13-9/h3-5H,1-2H3,(H,11,13)(H,16,17). The summed E-state index contributed by atoms with van der Waals surface area (Å²) in [6, 6.07) is 2.95. The second-order valence-electron chi connectivity index (χ2n) is 3.54. The molecule has 0 aliphatic rings. The van der Waals surface area contributed by atoms with Gasteiger partial charge >= 0.3 is 5.97 Å². The third-order valence-corrected chi connectivity index (χ3v) is 2.16. The number of carboxylic acids is 1. The molecule has 0 atom stereocenters. The molecule has 0 saturated heterocycles. The largest absolute Gasteiger partial charge is 0.476 e. The first-order chi connectivity index (χ1) is 8.06. The fourth-order valence-electron chi connectivity index (χ4n) is 1.37. The molecule has 0 fully saturated rings. The van der Waals surface area contributed by atoms with E-state index in [4.69, 9.17) is 5.11 Å². The van der Waals surface area contributed by atoms with Gasteiger partial charge in [0.2, 0.25) is 0 Å². The lowest BCUT2D eigenvalue weighted by molar-refractivity contribution is 0.0689. The first-order valence-electron chi connectivity index (χ1n) is 4.90. The lowest BCUT2D eigenvalue weighted by Crippen LogP contribution is -2.03. The highest BCUT2D eigenvalue weighted by molar-refractivity contribution is 5.85. The van der Waals surface area contributed by atoms with E-state index in [0.717, 1.165) is 11.4 Å². The average molecular weight is 233 g/mol. The van der Waals surface area contributed by atoms with Gasteiger partial charge in [-0.3, -0.25) is 4.68 Å². The zero-order chi connectivity index (χ0) is 12.4. The summed E-state index contributed by atoms with van der Waals surface area (Å²) < 4.78 is 1.68. The molecule has 2 rings (SSSR count). The van der Waals surface area contributed by atoms with Crippen molar-refractivity contribution in [2.75, 3.05) is 5.32 Å².